The lowest BCUT2D eigenvalue weighted by atomic mass is 9.87. The predicted molar refractivity (Wildman–Crippen MR) is 118 cm³/mol. The van der Waals surface area contributed by atoms with Crippen LogP contribution in [0.2, 0.25) is 0 Å². The fraction of sp³-hybridized carbons (Fsp3) is 0.333. The molecule has 2 aromatic rings. The van der Waals surface area contributed by atoms with Crippen LogP contribution in [-0.4, -0.2) is 44.3 Å². The molecule has 32 heavy (non-hydrogen) atoms. The van der Waals surface area contributed by atoms with Crippen LogP contribution in [0.25, 0.3) is 0 Å². The first-order valence-corrected chi connectivity index (χ1v) is 10.3. The maximum Gasteiger partial charge on any atom is 0.335 e. The highest BCUT2D eigenvalue weighted by atomic mass is 16.4. The number of unbranched alkanes of at least 4 members (excludes halogenated alkanes) is 1. The van der Waals surface area contributed by atoms with Gasteiger partial charge in [0.25, 0.3) is 0 Å². The Morgan fingerprint density at radius 2 is 1.22 bits per heavy atom. The van der Waals surface area contributed by atoms with Crippen molar-refractivity contribution in [3.8, 4) is 0 Å². The first-order valence-electron chi connectivity index (χ1n) is 10.3. The van der Waals surface area contributed by atoms with E-state index in [1.807, 2.05) is 0 Å². The normalized spacial score (nSPS) is 11.1. The number of carboxylic acid groups (broad SMARTS) is 4. The van der Waals surface area contributed by atoms with Gasteiger partial charge in [-0.25, -0.2) is 19.2 Å². The number of carboxylic acids is 4. The van der Waals surface area contributed by atoms with Gasteiger partial charge in [-0.1, -0.05) is 51.7 Å². The van der Waals surface area contributed by atoms with Crippen molar-refractivity contribution < 1.29 is 39.6 Å². The average molecular weight is 444 g/mol. The van der Waals surface area contributed by atoms with Crippen LogP contribution in [0.3, 0.4) is 0 Å². The van der Waals surface area contributed by atoms with E-state index in [0.29, 0.717) is 17.9 Å². The van der Waals surface area contributed by atoms with Crippen LogP contribution >= 0.6 is 0 Å². The van der Waals surface area contributed by atoms with Gasteiger partial charge in [0.15, 0.2) is 0 Å². The topological polar surface area (TPSA) is 149 Å². The molecule has 0 fully saturated rings. The van der Waals surface area contributed by atoms with Crippen molar-refractivity contribution in [1.82, 2.24) is 0 Å². The second-order valence-corrected chi connectivity index (χ2v) is 7.25. The molecule has 0 saturated heterocycles. The Kier molecular flexibility index (Phi) is 10.6. The van der Waals surface area contributed by atoms with E-state index < -0.39 is 23.9 Å². The van der Waals surface area contributed by atoms with E-state index >= 15 is 0 Å². The number of aromatic carboxylic acids is 4. The van der Waals surface area contributed by atoms with Crippen molar-refractivity contribution in [2.75, 3.05) is 0 Å². The van der Waals surface area contributed by atoms with Gasteiger partial charge in [0, 0.05) is 0 Å². The zero-order valence-corrected chi connectivity index (χ0v) is 18.1. The molecule has 4 N–H and O–H groups in total. The Bertz CT molecular complexity index is 903. The maximum atomic E-state index is 11.3. The molecule has 0 aromatic heterocycles. The summed E-state index contributed by atoms with van der Waals surface area (Å²) in [6.07, 6.45) is 4.60. The summed E-state index contributed by atoms with van der Waals surface area (Å²) < 4.78 is 0. The van der Waals surface area contributed by atoms with E-state index in [9.17, 15) is 29.4 Å². The van der Waals surface area contributed by atoms with Crippen LogP contribution in [0, 0.1) is 5.92 Å². The van der Waals surface area contributed by atoms with Crippen molar-refractivity contribution in [3.63, 3.8) is 0 Å². The fourth-order valence-electron chi connectivity index (χ4n) is 3.22. The Balaban J connectivity index is 0.000000363. The molecule has 0 aliphatic carbocycles. The van der Waals surface area contributed by atoms with Crippen molar-refractivity contribution in [2.24, 2.45) is 5.92 Å². The average Bonchev–Trinajstić information content (AvgIpc) is 2.76. The largest absolute Gasteiger partial charge is 0.478 e. The van der Waals surface area contributed by atoms with Gasteiger partial charge in [0.05, 0.1) is 22.3 Å². The minimum Gasteiger partial charge on any atom is -0.478 e. The third kappa shape index (κ3) is 7.86. The van der Waals surface area contributed by atoms with Gasteiger partial charge < -0.3 is 20.4 Å². The van der Waals surface area contributed by atoms with Crippen LogP contribution in [0.1, 0.15) is 86.5 Å². The Morgan fingerprint density at radius 3 is 1.59 bits per heavy atom. The molecule has 0 bridgehead atoms. The van der Waals surface area contributed by atoms with Gasteiger partial charge in [-0.2, -0.15) is 0 Å². The predicted octanol–water partition coefficient (Wildman–Crippen LogP) is 4.92. The zero-order valence-electron chi connectivity index (χ0n) is 18.1. The second-order valence-electron chi connectivity index (χ2n) is 7.25. The molecule has 0 spiro atoms. The number of benzene rings is 2. The monoisotopic (exact) mass is 444 g/mol. The van der Waals surface area contributed by atoms with Crippen LogP contribution in [0.4, 0.5) is 0 Å². The lowest BCUT2D eigenvalue weighted by Gasteiger charge is -2.17. The molecule has 8 nitrogen and oxygen atoms in total. The summed E-state index contributed by atoms with van der Waals surface area (Å²) in [6.45, 7) is 4.17. The molecule has 172 valence electrons. The summed E-state index contributed by atoms with van der Waals surface area (Å²) in [7, 11) is 0. The van der Waals surface area contributed by atoms with Crippen molar-refractivity contribution in [1.29, 1.82) is 0 Å². The van der Waals surface area contributed by atoms with E-state index in [4.69, 9.17) is 10.2 Å². The lowest BCUT2D eigenvalue weighted by molar-refractivity contribution is 0.0674. The van der Waals surface area contributed by atoms with Gasteiger partial charge >= 0.3 is 23.9 Å². The molecule has 1 atom stereocenters. The number of hydrogen-bond acceptors (Lipinski definition) is 4. The molecule has 2 aromatic carbocycles. The van der Waals surface area contributed by atoms with Gasteiger partial charge in [-0.3, -0.25) is 0 Å². The molecule has 0 aliphatic heterocycles. The van der Waals surface area contributed by atoms with E-state index in [1.165, 1.54) is 36.4 Å². The molecule has 0 saturated carbocycles. The molecular formula is C24H28O8. The smallest absolute Gasteiger partial charge is 0.335 e. The summed E-state index contributed by atoms with van der Waals surface area (Å²) in [4.78, 5) is 43.3. The standard InChI is InChI=1S/C16H22O4.C8H6O4/c1-3-5-7-11(4-2)10-14-12(15(17)18)8-6-9-13(14)16(19)20;9-7(10)5-2-1-3-6(4-5)8(11)12/h6,8-9,11H,3-5,7,10H2,1-2H3,(H,17,18)(H,19,20);1-4H,(H,9,10)(H,11,12). The van der Waals surface area contributed by atoms with E-state index in [2.05, 4.69) is 13.8 Å². The number of rotatable bonds is 10. The molecular weight excluding hydrogens is 416 g/mol. The Labute approximate surface area is 186 Å². The summed E-state index contributed by atoms with van der Waals surface area (Å²) >= 11 is 0. The summed E-state index contributed by atoms with van der Waals surface area (Å²) in [5, 5.41) is 35.5. The molecule has 1 unspecified atom stereocenters. The minimum absolute atomic E-state index is 0.0186. The zero-order chi connectivity index (χ0) is 24.3. The van der Waals surface area contributed by atoms with Crippen LogP contribution in [-0.2, 0) is 6.42 Å². The molecule has 0 heterocycles. The number of carbonyl (C=O) groups is 4. The number of hydrogen-bond donors (Lipinski definition) is 4. The van der Waals surface area contributed by atoms with Gasteiger partial charge in [-0.15, -0.1) is 0 Å². The molecule has 0 aliphatic rings. The highest BCUT2D eigenvalue weighted by Gasteiger charge is 2.20. The van der Waals surface area contributed by atoms with Crippen molar-refractivity contribution >= 4 is 23.9 Å². The highest BCUT2D eigenvalue weighted by Crippen LogP contribution is 2.24. The van der Waals surface area contributed by atoms with Crippen molar-refractivity contribution in [2.45, 2.75) is 46.0 Å². The molecule has 2 rings (SSSR count). The van der Waals surface area contributed by atoms with Gasteiger partial charge in [-0.05, 0) is 48.2 Å². The van der Waals surface area contributed by atoms with Crippen molar-refractivity contribution in [3.05, 3.63) is 70.3 Å². The highest BCUT2D eigenvalue weighted by molar-refractivity contribution is 5.96. The molecule has 0 amide bonds. The van der Waals surface area contributed by atoms with Gasteiger partial charge in [0.2, 0.25) is 0 Å². The van der Waals surface area contributed by atoms with Gasteiger partial charge in [0.1, 0.15) is 0 Å². The van der Waals surface area contributed by atoms with E-state index in [0.717, 1.165) is 31.7 Å². The molecule has 8 heteroatoms. The quantitative estimate of drug-likeness (QED) is 0.403. The maximum absolute atomic E-state index is 11.3. The third-order valence-electron chi connectivity index (χ3n) is 5.03. The minimum atomic E-state index is -1.13. The first-order chi connectivity index (χ1) is 15.1. The van der Waals surface area contributed by atoms with E-state index in [-0.39, 0.29) is 22.3 Å². The fourth-order valence-corrected chi connectivity index (χ4v) is 3.22. The lowest BCUT2D eigenvalue weighted by Crippen LogP contribution is -2.14. The van der Waals surface area contributed by atoms with E-state index in [1.54, 1.807) is 0 Å². The van der Waals surface area contributed by atoms with Crippen LogP contribution in [0.15, 0.2) is 42.5 Å². The second kappa shape index (κ2) is 12.9. The Hall–Kier alpha value is -3.68. The first kappa shape index (κ1) is 26.4. The van der Waals surface area contributed by atoms with Crippen LogP contribution in [0.5, 0.6) is 0 Å². The Morgan fingerprint density at radius 1 is 0.750 bits per heavy atom. The summed E-state index contributed by atoms with van der Waals surface area (Å²) in [6, 6.07) is 9.65. The summed E-state index contributed by atoms with van der Waals surface area (Å²) in [5.74, 6) is -4.05. The molecule has 0 radical (unpaired) electrons. The summed E-state index contributed by atoms with van der Waals surface area (Å²) in [5.41, 5.74) is 0.639. The van der Waals surface area contributed by atoms with Crippen LogP contribution < -0.4 is 0 Å². The third-order valence-corrected chi connectivity index (χ3v) is 5.03. The SMILES string of the molecule is CCCCC(CC)Cc1c(C(=O)O)cccc1C(=O)O.O=C(O)c1cccc(C(=O)O)c1.